The third-order valence-corrected chi connectivity index (χ3v) is 5.14. The second-order valence-electron chi connectivity index (χ2n) is 6.05. The van der Waals surface area contributed by atoms with Crippen LogP contribution in [0.2, 0.25) is 0 Å². The Morgan fingerprint density at radius 1 is 1.12 bits per heavy atom. The molecule has 6 heteroatoms. The van der Waals surface area contributed by atoms with Gasteiger partial charge in [-0.05, 0) is 55.7 Å². The van der Waals surface area contributed by atoms with Crippen molar-refractivity contribution in [3.63, 3.8) is 0 Å². The molecule has 1 amide bonds. The summed E-state index contributed by atoms with van der Waals surface area (Å²) < 4.78 is 12.8. The summed E-state index contributed by atoms with van der Waals surface area (Å²) in [6.07, 6.45) is 5.84. The summed E-state index contributed by atoms with van der Waals surface area (Å²) in [6.45, 7) is 2.11. The number of aromatic nitrogens is 1. The number of anilines is 2. The highest BCUT2D eigenvalue weighted by molar-refractivity contribution is 7.99. The molecule has 1 fully saturated rings. The van der Waals surface area contributed by atoms with Gasteiger partial charge in [-0.15, -0.1) is 11.8 Å². The Bertz CT molecular complexity index is 685. The average Bonchev–Trinajstić information content (AvgIpc) is 2.65. The minimum atomic E-state index is -0.248. The van der Waals surface area contributed by atoms with Crippen LogP contribution in [0.1, 0.15) is 25.7 Å². The maximum Gasteiger partial charge on any atom is 0.225 e. The predicted octanol–water partition coefficient (Wildman–Crippen LogP) is 4.33. The van der Waals surface area contributed by atoms with Gasteiger partial charge in [0.1, 0.15) is 11.6 Å². The van der Waals surface area contributed by atoms with Gasteiger partial charge in [0, 0.05) is 30.2 Å². The van der Waals surface area contributed by atoms with Gasteiger partial charge in [-0.3, -0.25) is 4.79 Å². The van der Waals surface area contributed by atoms with Gasteiger partial charge >= 0.3 is 0 Å². The molecule has 2 aromatic rings. The van der Waals surface area contributed by atoms with Gasteiger partial charge in [0.15, 0.2) is 0 Å². The smallest absolute Gasteiger partial charge is 0.225 e. The quantitative estimate of drug-likeness (QED) is 0.780. The molecule has 1 aromatic carbocycles. The van der Waals surface area contributed by atoms with Gasteiger partial charge in [-0.25, -0.2) is 9.37 Å². The van der Waals surface area contributed by atoms with Gasteiger partial charge in [0.05, 0.1) is 11.9 Å². The third-order valence-electron chi connectivity index (χ3n) is 4.12. The number of benzene rings is 1. The standard InChI is InChI=1S/C19H22FN3OS/c20-15-4-7-17(8-5-15)25-13-10-19(24)22-16-6-9-18(21-14-16)23-11-2-1-3-12-23/h4-9,14H,1-3,10-13H2,(H,22,24). The summed E-state index contributed by atoms with van der Waals surface area (Å²) >= 11 is 1.54. The number of halogens is 1. The van der Waals surface area contributed by atoms with Crippen LogP contribution in [-0.2, 0) is 4.79 Å². The second-order valence-corrected chi connectivity index (χ2v) is 7.22. The molecule has 0 aliphatic carbocycles. The summed E-state index contributed by atoms with van der Waals surface area (Å²) in [4.78, 5) is 19.7. The van der Waals surface area contributed by atoms with Crippen LogP contribution < -0.4 is 10.2 Å². The Morgan fingerprint density at radius 2 is 1.88 bits per heavy atom. The Balaban J connectivity index is 1.43. The van der Waals surface area contributed by atoms with Crippen LogP contribution in [0, 0.1) is 5.82 Å². The number of hydrogen-bond acceptors (Lipinski definition) is 4. The van der Waals surface area contributed by atoms with E-state index in [2.05, 4.69) is 15.2 Å². The van der Waals surface area contributed by atoms with Crippen LogP contribution >= 0.6 is 11.8 Å². The van der Waals surface area contributed by atoms with Crippen molar-refractivity contribution in [1.29, 1.82) is 0 Å². The summed E-state index contributed by atoms with van der Waals surface area (Å²) in [6, 6.07) is 10.2. The lowest BCUT2D eigenvalue weighted by atomic mass is 10.1. The fourth-order valence-corrected chi connectivity index (χ4v) is 3.64. The van der Waals surface area contributed by atoms with E-state index in [-0.39, 0.29) is 11.7 Å². The van der Waals surface area contributed by atoms with Crippen molar-refractivity contribution in [2.75, 3.05) is 29.1 Å². The van der Waals surface area contributed by atoms with Crippen LogP contribution in [0.3, 0.4) is 0 Å². The Morgan fingerprint density at radius 3 is 2.56 bits per heavy atom. The molecule has 0 spiro atoms. The molecule has 0 bridgehead atoms. The lowest BCUT2D eigenvalue weighted by molar-refractivity contribution is -0.115. The molecule has 1 aliphatic heterocycles. The van der Waals surface area contributed by atoms with Crippen molar-refractivity contribution in [2.45, 2.75) is 30.6 Å². The van der Waals surface area contributed by atoms with Crippen LogP contribution in [0.25, 0.3) is 0 Å². The average molecular weight is 359 g/mol. The molecule has 0 unspecified atom stereocenters. The minimum Gasteiger partial charge on any atom is -0.357 e. The molecular formula is C19H22FN3OS. The summed E-state index contributed by atoms with van der Waals surface area (Å²) in [5, 5.41) is 2.87. The molecular weight excluding hydrogens is 337 g/mol. The van der Waals surface area contributed by atoms with Crippen molar-refractivity contribution in [1.82, 2.24) is 4.98 Å². The number of hydrogen-bond donors (Lipinski definition) is 1. The number of nitrogens with zero attached hydrogens (tertiary/aromatic N) is 2. The van der Waals surface area contributed by atoms with E-state index in [1.165, 1.54) is 43.2 Å². The number of pyridine rings is 1. The molecule has 1 N–H and O–H groups in total. The SMILES string of the molecule is O=C(CCSc1ccc(F)cc1)Nc1ccc(N2CCCCC2)nc1. The first-order chi connectivity index (χ1) is 12.2. The first kappa shape index (κ1) is 17.7. The highest BCUT2D eigenvalue weighted by Crippen LogP contribution is 2.20. The first-order valence-corrected chi connectivity index (χ1v) is 9.58. The topological polar surface area (TPSA) is 45.2 Å². The Hall–Kier alpha value is -2.08. The maximum atomic E-state index is 12.8. The van der Waals surface area contributed by atoms with Crippen molar-refractivity contribution in [3.8, 4) is 0 Å². The fourth-order valence-electron chi connectivity index (χ4n) is 2.79. The zero-order chi connectivity index (χ0) is 17.5. The number of carbonyl (C=O) groups excluding carboxylic acids is 1. The molecule has 0 atom stereocenters. The van der Waals surface area contributed by atoms with Crippen LogP contribution in [0.5, 0.6) is 0 Å². The van der Waals surface area contributed by atoms with Crippen LogP contribution in [0.4, 0.5) is 15.9 Å². The van der Waals surface area contributed by atoms with E-state index in [0.717, 1.165) is 29.5 Å². The second kappa shape index (κ2) is 8.85. The predicted molar refractivity (Wildman–Crippen MR) is 101 cm³/mol. The summed E-state index contributed by atoms with van der Waals surface area (Å²) in [5.41, 5.74) is 0.720. The fraction of sp³-hybridized carbons (Fsp3) is 0.368. The van der Waals surface area contributed by atoms with Crippen molar-refractivity contribution >= 4 is 29.2 Å². The molecule has 3 rings (SSSR count). The number of carbonyl (C=O) groups is 1. The number of amides is 1. The van der Waals surface area contributed by atoms with E-state index < -0.39 is 0 Å². The zero-order valence-corrected chi connectivity index (χ0v) is 14.9. The van der Waals surface area contributed by atoms with E-state index in [4.69, 9.17) is 0 Å². The van der Waals surface area contributed by atoms with Crippen molar-refractivity contribution in [3.05, 3.63) is 48.4 Å². The van der Waals surface area contributed by atoms with E-state index in [9.17, 15) is 9.18 Å². The van der Waals surface area contributed by atoms with Crippen LogP contribution in [0.15, 0.2) is 47.5 Å². The Kier molecular flexibility index (Phi) is 6.28. The third kappa shape index (κ3) is 5.46. The van der Waals surface area contributed by atoms with E-state index in [1.54, 1.807) is 18.3 Å². The molecule has 132 valence electrons. The molecule has 2 heterocycles. The molecule has 4 nitrogen and oxygen atoms in total. The largest absolute Gasteiger partial charge is 0.357 e. The summed E-state index contributed by atoms with van der Waals surface area (Å²) in [5.74, 6) is 1.34. The van der Waals surface area contributed by atoms with E-state index in [0.29, 0.717) is 12.2 Å². The van der Waals surface area contributed by atoms with Gasteiger partial charge in [0.25, 0.3) is 0 Å². The van der Waals surface area contributed by atoms with E-state index in [1.807, 2.05) is 12.1 Å². The number of nitrogens with one attached hydrogen (secondary N) is 1. The number of piperidine rings is 1. The lowest BCUT2D eigenvalue weighted by Gasteiger charge is -2.27. The van der Waals surface area contributed by atoms with Crippen molar-refractivity contribution in [2.24, 2.45) is 0 Å². The van der Waals surface area contributed by atoms with Gasteiger partial charge in [-0.1, -0.05) is 0 Å². The molecule has 1 aromatic heterocycles. The molecule has 0 radical (unpaired) electrons. The highest BCUT2D eigenvalue weighted by Gasteiger charge is 2.12. The van der Waals surface area contributed by atoms with Crippen molar-refractivity contribution < 1.29 is 9.18 Å². The zero-order valence-electron chi connectivity index (χ0n) is 14.1. The van der Waals surface area contributed by atoms with Gasteiger partial charge < -0.3 is 10.2 Å². The first-order valence-electron chi connectivity index (χ1n) is 8.60. The molecule has 0 saturated carbocycles. The van der Waals surface area contributed by atoms with Gasteiger partial charge in [0.2, 0.25) is 5.91 Å². The molecule has 1 aliphatic rings. The Labute approximate surface area is 151 Å². The lowest BCUT2D eigenvalue weighted by Crippen LogP contribution is -2.30. The summed E-state index contributed by atoms with van der Waals surface area (Å²) in [7, 11) is 0. The normalized spacial score (nSPS) is 14.4. The van der Waals surface area contributed by atoms with E-state index >= 15 is 0 Å². The number of rotatable bonds is 6. The van der Waals surface area contributed by atoms with Gasteiger partial charge in [-0.2, -0.15) is 0 Å². The number of thioether (sulfide) groups is 1. The molecule has 1 saturated heterocycles. The monoisotopic (exact) mass is 359 g/mol. The maximum absolute atomic E-state index is 12.8. The van der Waals surface area contributed by atoms with Crippen LogP contribution in [-0.4, -0.2) is 29.7 Å². The minimum absolute atomic E-state index is 0.0397. The molecule has 25 heavy (non-hydrogen) atoms. The highest BCUT2D eigenvalue weighted by atomic mass is 32.2.